The number of halogens is 3. The van der Waals surface area contributed by atoms with Crippen LogP contribution in [0.2, 0.25) is 0 Å². The van der Waals surface area contributed by atoms with Crippen LogP contribution in [-0.2, 0) is 12.6 Å². The first-order valence-corrected chi connectivity index (χ1v) is 10.7. The maximum atomic E-state index is 12.7. The van der Waals surface area contributed by atoms with E-state index in [4.69, 9.17) is 5.73 Å². The number of rotatable bonds is 6. The fraction of sp³-hybridized carbons (Fsp3) is 0.333. The van der Waals surface area contributed by atoms with Crippen LogP contribution < -0.4 is 11.1 Å². The van der Waals surface area contributed by atoms with Gasteiger partial charge in [-0.3, -0.25) is 10.1 Å². The number of hydrogen-bond acceptors (Lipinski definition) is 6. The number of benzene rings is 2. The smallest absolute Gasteiger partial charge is 0.394 e. The summed E-state index contributed by atoms with van der Waals surface area (Å²) in [6.07, 6.45) is -2.15. The molecule has 2 heterocycles. The first kappa shape index (κ1) is 21.7. The number of aliphatic imine (C=N–C) groups is 1. The van der Waals surface area contributed by atoms with E-state index < -0.39 is 11.7 Å². The lowest BCUT2D eigenvalue weighted by Gasteiger charge is -2.16. The molecule has 3 aromatic rings. The van der Waals surface area contributed by atoms with Gasteiger partial charge in [0.1, 0.15) is 0 Å². The van der Waals surface area contributed by atoms with Gasteiger partial charge < -0.3 is 16.2 Å². The molecule has 6 nitrogen and oxygen atoms in total. The second-order valence-corrected chi connectivity index (χ2v) is 8.61. The van der Waals surface area contributed by atoms with Gasteiger partial charge in [0.15, 0.2) is 5.17 Å². The minimum Gasteiger partial charge on any atom is -0.394 e. The van der Waals surface area contributed by atoms with Gasteiger partial charge in [0.05, 0.1) is 35.2 Å². The lowest BCUT2D eigenvalue weighted by Crippen LogP contribution is -2.37. The zero-order valence-corrected chi connectivity index (χ0v) is 17.2. The quantitative estimate of drug-likeness (QED) is 0.463. The third-order valence-corrected chi connectivity index (χ3v) is 6.46. The predicted octanol–water partition coefficient (Wildman–Crippen LogP) is 3.25. The SMILES string of the molecule is N[C@H](CNC1=NC(CO)C(c2ccc3[nH]ncc3c2)S1)Cc1ccc(C(F)(F)F)cc1. The highest BCUT2D eigenvalue weighted by molar-refractivity contribution is 8.14. The average molecular weight is 450 g/mol. The summed E-state index contributed by atoms with van der Waals surface area (Å²) in [6, 6.07) is 10.5. The standard InChI is InChI=1S/C21H22F3N5OS/c22-21(23,24)15-4-1-12(2-5-15)7-16(25)10-26-20-28-18(11-30)19(31-20)13-3-6-17-14(8-13)9-27-29-17/h1-6,8-9,16,18-19,30H,7,10-11,25H2,(H,26,28)(H,27,29)/t16-,18?,19?/m0/s1. The number of aromatic amines is 1. The fourth-order valence-electron chi connectivity index (χ4n) is 3.52. The molecule has 0 aliphatic carbocycles. The lowest BCUT2D eigenvalue weighted by molar-refractivity contribution is -0.137. The molecule has 0 radical (unpaired) electrons. The molecule has 1 aliphatic heterocycles. The molecule has 0 spiro atoms. The summed E-state index contributed by atoms with van der Waals surface area (Å²) < 4.78 is 38.0. The minimum absolute atomic E-state index is 0.0297. The maximum Gasteiger partial charge on any atom is 0.416 e. The molecule has 31 heavy (non-hydrogen) atoms. The highest BCUT2D eigenvalue weighted by Gasteiger charge is 2.32. The molecular weight excluding hydrogens is 427 g/mol. The van der Waals surface area contributed by atoms with Crippen LogP contribution in [0, 0.1) is 0 Å². The monoisotopic (exact) mass is 449 g/mol. The van der Waals surface area contributed by atoms with E-state index in [0.29, 0.717) is 18.1 Å². The maximum absolute atomic E-state index is 12.7. The second-order valence-electron chi connectivity index (χ2n) is 7.48. The van der Waals surface area contributed by atoms with Gasteiger partial charge in [-0.25, -0.2) is 0 Å². The van der Waals surface area contributed by atoms with Gasteiger partial charge in [0, 0.05) is 18.0 Å². The van der Waals surface area contributed by atoms with Gasteiger partial charge >= 0.3 is 6.18 Å². The van der Waals surface area contributed by atoms with Crippen molar-refractivity contribution in [3.05, 3.63) is 65.4 Å². The van der Waals surface area contributed by atoms with Crippen LogP contribution >= 0.6 is 11.8 Å². The van der Waals surface area contributed by atoms with Gasteiger partial charge in [0.2, 0.25) is 0 Å². The zero-order valence-electron chi connectivity index (χ0n) is 16.4. The Bertz CT molecular complexity index is 1070. The Morgan fingerprint density at radius 1 is 1.19 bits per heavy atom. The summed E-state index contributed by atoms with van der Waals surface area (Å²) in [5, 5.41) is 21.6. The summed E-state index contributed by atoms with van der Waals surface area (Å²) in [4.78, 5) is 4.56. The minimum atomic E-state index is -4.35. The number of aliphatic hydroxyl groups excluding tert-OH is 1. The molecule has 5 N–H and O–H groups in total. The number of nitrogens with two attached hydrogens (primary N) is 1. The van der Waals surface area contributed by atoms with Gasteiger partial charge in [-0.2, -0.15) is 18.3 Å². The normalized spacial score (nSPS) is 20.1. The number of aromatic nitrogens is 2. The number of alkyl halides is 3. The van der Waals surface area contributed by atoms with Crippen molar-refractivity contribution in [3.8, 4) is 0 Å². The van der Waals surface area contributed by atoms with E-state index in [0.717, 1.165) is 34.2 Å². The molecule has 1 aromatic heterocycles. The number of nitrogens with one attached hydrogen (secondary N) is 2. The molecule has 10 heteroatoms. The van der Waals surface area contributed by atoms with Crippen molar-refractivity contribution in [1.29, 1.82) is 0 Å². The van der Waals surface area contributed by atoms with Crippen LogP contribution in [0.4, 0.5) is 13.2 Å². The Kier molecular flexibility index (Phi) is 6.22. The van der Waals surface area contributed by atoms with Crippen LogP contribution in [0.25, 0.3) is 10.9 Å². The van der Waals surface area contributed by atoms with Crippen LogP contribution in [-0.4, -0.2) is 45.7 Å². The Morgan fingerprint density at radius 3 is 2.68 bits per heavy atom. The van der Waals surface area contributed by atoms with E-state index in [2.05, 4.69) is 20.5 Å². The predicted molar refractivity (Wildman–Crippen MR) is 116 cm³/mol. The molecule has 2 unspecified atom stereocenters. The third-order valence-electron chi connectivity index (χ3n) is 5.15. The number of thioether (sulfide) groups is 1. The Labute approximate surface area is 181 Å². The number of amidine groups is 1. The molecule has 0 amide bonds. The summed E-state index contributed by atoms with van der Waals surface area (Å²) in [6.45, 7) is 0.336. The zero-order chi connectivity index (χ0) is 22.0. The van der Waals surface area contributed by atoms with Crippen molar-refractivity contribution >= 4 is 27.8 Å². The van der Waals surface area contributed by atoms with E-state index in [-0.39, 0.29) is 23.9 Å². The molecule has 164 valence electrons. The van der Waals surface area contributed by atoms with E-state index in [9.17, 15) is 18.3 Å². The molecule has 0 bridgehead atoms. The third kappa shape index (κ3) is 5.03. The average Bonchev–Trinajstić information content (AvgIpc) is 3.38. The van der Waals surface area contributed by atoms with Gasteiger partial charge in [-0.1, -0.05) is 30.0 Å². The first-order chi connectivity index (χ1) is 14.8. The van der Waals surface area contributed by atoms with Crippen molar-refractivity contribution in [3.63, 3.8) is 0 Å². The highest BCUT2D eigenvalue weighted by Crippen LogP contribution is 2.40. The van der Waals surface area contributed by atoms with E-state index in [1.165, 1.54) is 23.9 Å². The summed E-state index contributed by atoms with van der Waals surface area (Å²) in [5.74, 6) is 0. The van der Waals surface area contributed by atoms with E-state index in [1.54, 1.807) is 6.20 Å². The molecule has 1 aliphatic rings. The number of hydrogen-bond donors (Lipinski definition) is 4. The molecule has 4 rings (SSSR count). The van der Waals surface area contributed by atoms with E-state index in [1.807, 2.05) is 18.2 Å². The van der Waals surface area contributed by atoms with Crippen molar-refractivity contribution in [1.82, 2.24) is 15.5 Å². The van der Waals surface area contributed by atoms with Crippen LogP contribution in [0.3, 0.4) is 0 Å². The summed E-state index contributed by atoms with van der Waals surface area (Å²) in [7, 11) is 0. The number of nitrogens with zero attached hydrogens (tertiary/aromatic N) is 2. The largest absolute Gasteiger partial charge is 0.416 e. The van der Waals surface area contributed by atoms with Crippen LogP contribution in [0.1, 0.15) is 21.9 Å². The van der Waals surface area contributed by atoms with Gasteiger partial charge in [-0.05, 0) is 41.8 Å². The van der Waals surface area contributed by atoms with Crippen molar-refractivity contribution in [2.45, 2.75) is 29.9 Å². The van der Waals surface area contributed by atoms with Gasteiger partial charge in [0.25, 0.3) is 0 Å². The van der Waals surface area contributed by atoms with Crippen molar-refractivity contribution < 1.29 is 18.3 Å². The van der Waals surface area contributed by atoms with Crippen LogP contribution in [0.5, 0.6) is 0 Å². The Hall–Kier alpha value is -2.56. The number of fused-ring (bicyclic) bond motifs is 1. The Morgan fingerprint density at radius 2 is 1.97 bits per heavy atom. The second kappa shape index (κ2) is 8.89. The fourth-order valence-corrected chi connectivity index (χ4v) is 4.71. The number of H-pyrrole nitrogens is 1. The molecule has 0 fully saturated rings. The van der Waals surface area contributed by atoms with Gasteiger partial charge in [-0.15, -0.1) is 0 Å². The van der Waals surface area contributed by atoms with E-state index >= 15 is 0 Å². The lowest BCUT2D eigenvalue weighted by atomic mass is 10.0. The molecular formula is C21H22F3N5OS. The summed E-state index contributed by atoms with van der Waals surface area (Å²) >= 11 is 1.53. The molecule has 0 saturated heterocycles. The van der Waals surface area contributed by atoms with Crippen molar-refractivity contribution in [2.75, 3.05) is 13.2 Å². The van der Waals surface area contributed by atoms with Crippen molar-refractivity contribution in [2.24, 2.45) is 10.7 Å². The van der Waals surface area contributed by atoms with Crippen LogP contribution in [0.15, 0.2) is 53.7 Å². The number of aliphatic hydroxyl groups is 1. The summed E-state index contributed by atoms with van der Waals surface area (Å²) in [5.41, 5.74) is 8.22. The topological polar surface area (TPSA) is 99.3 Å². The molecule has 2 aromatic carbocycles. The first-order valence-electron chi connectivity index (χ1n) is 9.77. The Balaban J connectivity index is 1.34. The highest BCUT2D eigenvalue weighted by atomic mass is 32.2. The molecule has 0 saturated carbocycles. The molecule has 3 atom stereocenters.